The van der Waals surface area contributed by atoms with Crippen LogP contribution in [0.4, 0.5) is 17.2 Å². The summed E-state index contributed by atoms with van der Waals surface area (Å²) in [5.74, 6) is 1.32. The van der Waals surface area contributed by atoms with Crippen LogP contribution in [0.15, 0.2) is 54.2 Å². The zero-order valence-corrected chi connectivity index (χ0v) is 16.0. The topological polar surface area (TPSA) is 90.2 Å². The molecule has 0 atom stereocenters. The van der Waals surface area contributed by atoms with Gasteiger partial charge in [0.15, 0.2) is 0 Å². The fourth-order valence-corrected chi connectivity index (χ4v) is 3.93. The molecular weight excluding hydrogens is 376 g/mol. The molecule has 0 amide bonds. The molecule has 0 aliphatic heterocycles. The Hall–Kier alpha value is -3.52. The van der Waals surface area contributed by atoms with Crippen molar-refractivity contribution in [1.29, 1.82) is 0 Å². The predicted molar refractivity (Wildman–Crippen MR) is 111 cm³/mol. The Kier molecular flexibility index (Phi) is 4.62. The van der Waals surface area contributed by atoms with Gasteiger partial charge in [-0.1, -0.05) is 18.2 Å². The van der Waals surface area contributed by atoms with Crippen molar-refractivity contribution in [1.82, 2.24) is 9.97 Å². The van der Waals surface area contributed by atoms with Gasteiger partial charge in [0.05, 0.1) is 23.1 Å². The fraction of sp³-hybridized carbons (Fsp3) is 0.100. The highest BCUT2D eigenvalue weighted by molar-refractivity contribution is 7.17. The molecular formula is C20H16N4O3S. The van der Waals surface area contributed by atoms with Crippen LogP contribution >= 0.6 is 11.3 Å². The number of hydrogen-bond acceptors (Lipinski definition) is 7. The van der Waals surface area contributed by atoms with Crippen LogP contribution in [0.25, 0.3) is 21.3 Å². The summed E-state index contributed by atoms with van der Waals surface area (Å²) in [7, 11) is 1.62. The first kappa shape index (κ1) is 17.9. The second-order valence-electron chi connectivity index (χ2n) is 6.19. The van der Waals surface area contributed by atoms with Gasteiger partial charge in [0.25, 0.3) is 5.69 Å². The predicted octanol–water partition coefficient (Wildman–Crippen LogP) is 5.33. The second-order valence-corrected chi connectivity index (χ2v) is 7.05. The molecule has 2 heterocycles. The summed E-state index contributed by atoms with van der Waals surface area (Å²) < 4.78 is 5.44. The van der Waals surface area contributed by atoms with Crippen molar-refractivity contribution >= 4 is 38.7 Å². The molecule has 2 aromatic carbocycles. The molecule has 0 saturated heterocycles. The van der Waals surface area contributed by atoms with Crippen molar-refractivity contribution in [3.05, 3.63) is 69.8 Å². The van der Waals surface area contributed by atoms with Crippen molar-refractivity contribution in [2.75, 3.05) is 12.4 Å². The van der Waals surface area contributed by atoms with Crippen molar-refractivity contribution in [2.45, 2.75) is 6.92 Å². The number of thiophene rings is 1. The zero-order chi connectivity index (χ0) is 19.7. The van der Waals surface area contributed by atoms with Gasteiger partial charge in [-0.25, -0.2) is 9.97 Å². The monoisotopic (exact) mass is 392 g/mol. The van der Waals surface area contributed by atoms with Crippen LogP contribution in [0.5, 0.6) is 5.75 Å². The quantitative estimate of drug-likeness (QED) is 0.365. The third kappa shape index (κ3) is 3.25. The van der Waals surface area contributed by atoms with E-state index in [4.69, 9.17) is 4.74 Å². The van der Waals surface area contributed by atoms with Gasteiger partial charge in [-0.05, 0) is 30.2 Å². The third-order valence-corrected chi connectivity index (χ3v) is 5.23. The molecule has 0 aliphatic rings. The Morgan fingerprint density at radius 3 is 2.82 bits per heavy atom. The van der Waals surface area contributed by atoms with E-state index in [0.717, 1.165) is 32.6 Å². The average molecular weight is 392 g/mol. The molecule has 28 heavy (non-hydrogen) atoms. The van der Waals surface area contributed by atoms with Gasteiger partial charge in [-0.3, -0.25) is 10.1 Å². The van der Waals surface area contributed by atoms with E-state index in [1.165, 1.54) is 23.7 Å². The molecule has 140 valence electrons. The zero-order valence-electron chi connectivity index (χ0n) is 15.2. The Labute approximate surface area is 164 Å². The number of nitro groups is 1. The SMILES string of the molecule is COc1ccc(C)cc1Nc1ncnc2scc(-c3cccc([N+](=O)[O-])c3)c12. The highest BCUT2D eigenvalue weighted by Crippen LogP contribution is 2.39. The molecule has 4 aromatic rings. The molecule has 0 bridgehead atoms. The number of benzene rings is 2. The molecule has 0 saturated carbocycles. The number of nitrogens with zero attached hydrogens (tertiary/aromatic N) is 3. The molecule has 0 radical (unpaired) electrons. The highest BCUT2D eigenvalue weighted by Gasteiger charge is 2.16. The number of methoxy groups -OCH3 is 1. The van der Waals surface area contributed by atoms with Gasteiger partial charge in [0.1, 0.15) is 22.7 Å². The van der Waals surface area contributed by atoms with Gasteiger partial charge in [0.2, 0.25) is 0 Å². The van der Waals surface area contributed by atoms with E-state index in [9.17, 15) is 10.1 Å². The Bertz CT molecular complexity index is 1190. The number of rotatable bonds is 5. The number of hydrogen-bond donors (Lipinski definition) is 1. The largest absolute Gasteiger partial charge is 0.495 e. The van der Waals surface area contributed by atoms with E-state index >= 15 is 0 Å². The lowest BCUT2D eigenvalue weighted by Gasteiger charge is -2.12. The van der Waals surface area contributed by atoms with E-state index < -0.39 is 4.92 Å². The highest BCUT2D eigenvalue weighted by atomic mass is 32.1. The van der Waals surface area contributed by atoms with E-state index in [0.29, 0.717) is 11.6 Å². The van der Waals surface area contributed by atoms with E-state index in [1.807, 2.05) is 36.6 Å². The van der Waals surface area contributed by atoms with Gasteiger partial charge in [-0.2, -0.15) is 0 Å². The normalized spacial score (nSPS) is 10.8. The van der Waals surface area contributed by atoms with Crippen LogP contribution in [-0.2, 0) is 0 Å². The van der Waals surface area contributed by atoms with Gasteiger partial charge >= 0.3 is 0 Å². The van der Waals surface area contributed by atoms with Crippen LogP contribution in [0, 0.1) is 17.0 Å². The third-order valence-electron chi connectivity index (χ3n) is 4.35. The molecule has 0 unspecified atom stereocenters. The summed E-state index contributed by atoms with van der Waals surface area (Å²) in [5, 5.41) is 17.2. The van der Waals surface area contributed by atoms with Crippen molar-refractivity contribution in [2.24, 2.45) is 0 Å². The first-order valence-electron chi connectivity index (χ1n) is 8.45. The average Bonchev–Trinajstić information content (AvgIpc) is 3.13. The molecule has 0 spiro atoms. The Morgan fingerprint density at radius 1 is 1.18 bits per heavy atom. The van der Waals surface area contributed by atoms with Crippen LogP contribution in [0.1, 0.15) is 5.56 Å². The van der Waals surface area contributed by atoms with Crippen LogP contribution in [0.2, 0.25) is 0 Å². The van der Waals surface area contributed by atoms with Gasteiger partial charge in [-0.15, -0.1) is 11.3 Å². The minimum atomic E-state index is -0.397. The van der Waals surface area contributed by atoms with Crippen molar-refractivity contribution in [3.8, 4) is 16.9 Å². The number of aryl methyl sites for hydroxylation is 1. The van der Waals surface area contributed by atoms with Crippen LogP contribution in [0.3, 0.4) is 0 Å². The lowest BCUT2D eigenvalue weighted by molar-refractivity contribution is -0.384. The number of non-ortho nitro benzene ring substituents is 1. The first-order chi connectivity index (χ1) is 13.6. The molecule has 2 aromatic heterocycles. The Morgan fingerprint density at radius 2 is 2.04 bits per heavy atom. The second kappa shape index (κ2) is 7.24. The van der Waals surface area contributed by atoms with Crippen molar-refractivity contribution in [3.63, 3.8) is 0 Å². The first-order valence-corrected chi connectivity index (χ1v) is 9.33. The minimum absolute atomic E-state index is 0.0450. The standard InChI is InChI=1S/C20H16N4O3S/c1-12-6-7-17(27-2)16(8-12)23-19-18-15(10-28-20(18)22-11-21-19)13-4-3-5-14(9-13)24(25)26/h3-11H,1-2H3,(H,21,22,23). The summed E-state index contributed by atoms with van der Waals surface area (Å²) in [6.45, 7) is 2.00. The number of nitrogens with one attached hydrogen (secondary N) is 1. The number of aromatic nitrogens is 2. The molecule has 0 aliphatic carbocycles. The molecule has 0 fully saturated rings. The number of fused-ring (bicyclic) bond motifs is 1. The van der Waals surface area contributed by atoms with Gasteiger partial charge in [0, 0.05) is 23.1 Å². The molecule has 1 N–H and O–H groups in total. The summed E-state index contributed by atoms with van der Waals surface area (Å²) in [5.41, 5.74) is 3.51. The Balaban J connectivity index is 1.86. The maximum atomic E-state index is 11.2. The molecule has 8 heteroatoms. The maximum Gasteiger partial charge on any atom is 0.270 e. The van der Waals surface area contributed by atoms with Gasteiger partial charge < -0.3 is 10.1 Å². The summed E-state index contributed by atoms with van der Waals surface area (Å²) >= 11 is 1.47. The van der Waals surface area contributed by atoms with E-state index in [1.54, 1.807) is 19.2 Å². The minimum Gasteiger partial charge on any atom is -0.495 e. The summed E-state index contributed by atoms with van der Waals surface area (Å²) in [6.07, 6.45) is 1.50. The van der Waals surface area contributed by atoms with E-state index in [-0.39, 0.29) is 5.69 Å². The smallest absolute Gasteiger partial charge is 0.270 e. The lowest BCUT2D eigenvalue weighted by Crippen LogP contribution is -1.98. The summed E-state index contributed by atoms with van der Waals surface area (Å²) in [4.78, 5) is 20.3. The van der Waals surface area contributed by atoms with E-state index in [2.05, 4.69) is 15.3 Å². The number of ether oxygens (including phenoxy) is 1. The number of nitro benzene ring substituents is 1. The lowest BCUT2D eigenvalue weighted by atomic mass is 10.1. The summed E-state index contributed by atoms with van der Waals surface area (Å²) in [6, 6.07) is 12.4. The molecule has 4 rings (SSSR count). The fourth-order valence-electron chi connectivity index (χ4n) is 3.02. The maximum absolute atomic E-state index is 11.2. The number of anilines is 2. The van der Waals surface area contributed by atoms with Crippen LogP contribution in [-0.4, -0.2) is 22.0 Å². The molecule has 7 nitrogen and oxygen atoms in total. The van der Waals surface area contributed by atoms with Crippen molar-refractivity contribution < 1.29 is 9.66 Å². The van der Waals surface area contributed by atoms with Crippen LogP contribution < -0.4 is 10.1 Å².